The molecule has 4 heteroatoms. The third-order valence-corrected chi connectivity index (χ3v) is 3.08. The van der Waals surface area contributed by atoms with Gasteiger partial charge in [0.05, 0.1) is 12.6 Å². The Labute approximate surface area is 117 Å². The van der Waals surface area contributed by atoms with Crippen molar-refractivity contribution in [2.75, 3.05) is 13.7 Å². The molecule has 1 atom stereocenters. The Morgan fingerprint density at radius 3 is 2.40 bits per heavy atom. The highest BCUT2D eigenvalue weighted by Gasteiger charge is 2.17. The number of benzene rings is 2. The molecule has 0 aliphatic heterocycles. The van der Waals surface area contributed by atoms with E-state index in [0.717, 1.165) is 23.4 Å². The number of rotatable bonds is 5. The number of halogens is 2. The first-order chi connectivity index (χ1) is 9.65. The Hall–Kier alpha value is -1.94. The largest absolute Gasteiger partial charge is 0.494 e. The molecule has 0 radical (unpaired) electrons. The van der Waals surface area contributed by atoms with Gasteiger partial charge in [-0.05, 0) is 49.9 Å². The molecular formula is C16H17F2NO. The summed E-state index contributed by atoms with van der Waals surface area (Å²) in [5.41, 5.74) is 1.14. The van der Waals surface area contributed by atoms with Crippen LogP contribution in [0.3, 0.4) is 0 Å². The van der Waals surface area contributed by atoms with Gasteiger partial charge in [0.1, 0.15) is 17.4 Å². The predicted octanol–water partition coefficient (Wildman–Crippen LogP) is 3.67. The first-order valence-electron chi connectivity index (χ1n) is 6.50. The summed E-state index contributed by atoms with van der Waals surface area (Å²) in [4.78, 5) is 0. The molecule has 0 amide bonds. The highest BCUT2D eigenvalue weighted by Crippen LogP contribution is 2.26. The van der Waals surface area contributed by atoms with Crippen molar-refractivity contribution in [2.45, 2.75) is 13.0 Å². The Balaban J connectivity index is 2.34. The summed E-state index contributed by atoms with van der Waals surface area (Å²) < 4.78 is 32.5. The maximum absolute atomic E-state index is 13.9. The summed E-state index contributed by atoms with van der Waals surface area (Å²) in [6.45, 7) is 2.50. The van der Waals surface area contributed by atoms with Crippen LogP contribution < -0.4 is 10.1 Å². The highest BCUT2D eigenvalue weighted by molar-refractivity contribution is 5.36. The van der Waals surface area contributed by atoms with E-state index in [9.17, 15) is 8.78 Å². The predicted molar refractivity (Wildman–Crippen MR) is 74.9 cm³/mol. The Kier molecular flexibility index (Phi) is 4.69. The van der Waals surface area contributed by atoms with Gasteiger partial charge in [-0.1, -0.05) is 12.1 Å². The fraction of sp³-hybridized carbons (Fsp3) is 0.250. The quantitative estimate of drug-likeness (QED) is 0.900. The molecule has 0 spiro atoms. The Morgan fingerprint density at radius 1 is 1.10 bits per heavy atom. The van der Waals surface area contributed by atoms with Gasteiger partial charge in [-0.15, -0.1) is 0 Å². The van der Waals surface area contributed by atoms with E-state index in [1.165, 1.54) is 6.07 Å². The van der Waals surface area contributed by atoms with Crippen molar-refractivity contribution in [1.82, 2.24) is 5.32 Å². The van der Waals surface area contributed by atoms with Crippen LogP contribution in [0.5, 0.6) is 5.75 Å². The second-order valence-electron chi connectivity index (χ2n) is 4.39. The van der Waals surface area contributed by atoms with Gasteiger partial charge in [0, 0.05) is 5.56 Å². The molecule has 0 aliphatic carbocycles. The number of ether oxygens (including phenoxy) is 1. The summed E-state index contributed by atoms with van der Waals surface area (Å²) in [7, 11) is 1.71. The Bertz CT molecular complexity index is 569. The average Bonchev–Trinajstić information content (AvgIpc) is 2.45. The molecule has 0 aromatic heterocycles. The van der Waals surface area contributed by atoms with Gasteiger partial charge < -0.3 is 10.1 Å². The van der Waals surface area contributed by atoms with Crippen LogP contribution in [-0.2, 0) is 0 Å². The van der Waals surface area contributed by atoms with E-state index in [-0.39, 0.29) is 5.56 Å². The summed E-state index contributed by atoms with van der Waals surface area (Å²) in [6.07, 6.45) is 0. The van der Waals surface area contributed by atoms with Crippen LogP contribution in [0.25, 0.3) is 0 Å². The minimum atomic E-state index is -0.451. The van der Waals surface area contributed by atoms with Crippen molar-refractivity contribution in [1.29, 1.82) is 0 Å². The second kappa shape index (κ2) is 6.48. The molecule has 0 heterocycles. The van der Waals surface area contributed by atoms with Gasteiger partial charge in [-0.25, -0.2) is 8.78 Å². The molecule has 0 saturated heterocycles. The molecule has 2 aromatic rings. The van der Waals surface area contributed by atoms with E-state index in [1.807, 2.05) is 31.2 Å². The van der Waals surface area contributed by atoms with Crippen molar-refractivity contribution in [3.63, 3.8) is 0 Å². The standard InChI is InChI=1S/C16H17F2NO/c1-3-20-13-7-4-11(5-8-13)16(19-2)14-10-12(17)6-9-15(14)18/h4-10,16,19H,3H2,1-2H3. The lowest BCUT2D eigenvalue weighted by atomic mass is 9.98. The molecule has 0 aliphatic rings. The Morgan fingerprint density at radius 2 is 1.80 bits per heavy atom. The molecular weight excluding hydrogens is 260 g/mol. The first kappa shape index (κ1) is 14.5. The number of hydrogen-bond acceptors (Lipinski definition) is 2. The third-order valence-electron chi connectivity index (χ3n) is 3.08. The van der Waals surface area contributed by atoms with Crippen LogP contribution in [0.15, 0.2) is 42.5 Å². The van der Waals surface area contributed by atoms with Gasteiger partial charge in [-0.3, -0.25) is 0 Å². The topological polar surface area (TPSA) is 21.3 Å². The van der Waals surface area contributed by atoms with E-state index in [1.54, 1.807) is 7.05 Å². The molecule has 0 bridgehead atoms. The maximum atomic E-state index is 13.9. The summed E-state index contributed by atoms with van der Waals surface area (Å²) >= 11 is 0. The van der Waals surface area contributed by atoms with E-state index >= 15 is 0 Å². The molecule has 2 rings (SSSR count). The SMILES string of the molecule is CCOc1ccc(C(NC)c2cc(F)ccc2F)cc1. The summed E-state index contributed by atoms with van der Waals surface area (Å²) in [6, 6.07) is 10.4. The van der Waals surface area contributed by atoms with Crippen molar-refractivity contribution in [2.24, 2.45) is 0 Å². The van der Waals surface area contributed by atoms with Crippen molar-refractivity contribution in [3.05, 3.63) is 65.2 Å². The molecule has 20 heavy (non-hydrogen) atoms. The van der Waals surface area contributed by atoms with E-state index in [2.05, 4.69) is 5.32 Å². The van der Waals surface area contributed by atoms with Crippen LogP contribution in [0.4, 0.5) is 8.78 Å². The van der Waals surface area contributed by atoms with Gasteiger partial charge >= 0.3 is 0 Å². The number of nitrogens with one attached hydrogen (secondary N) is 1. The van der Waals surface area contributed by atoms with Gasteiger partial charge in [0.25, 0.3) is 0 Å². The van der Waals surface area contributed by atoms with E-state index in [4.69, 9.17) is 4.74 Å². The van der Waals surface area contributed by atoms with Gasteiger partial charge in [0.15, 0.2) is 0 Å². The smallest absolute Gasteiger partial charge is 0.128 e. The fourth-order valence-corrected chi connectivity index (χ4v) is 2.16. The molecule has 0 fully saturated rings. The molecule has 0 saturated carbocycles. The van der Waals surface area contributed by atoms with Gasteiger partial charge in [0.2, 0.25) is 0 Å². The molecule has 2 aromatic carbocycles. The zero-order valence-corrected chi connectivity index (χ0v) is 11.5. The second-order valence-corrected chi connectivity index (χ2v) is 4.39. The minimum Gasteiger partial charge on any atom is -0.494 e. The first-order valence-corrected chi connectivity index (χ1v) is 6.50. The van der Waals surface area contributed by atoms with E-state index < -0.39 is 17.7 Å². The summed E-state index contributed by atoms with van der Waals surface area (Å²) in [5, 5.41) is 3.01. The van der Waals surface area contributed by atoms with Crippen molar-refractivity contribution < 1.29 is 13.5 Å². The van der Waals surface area contributed by atoms with E-state index in [0.29, 0.717) is 6.61 Å². The molecule has 1 N–H and O–H groups in total. The van der Waals surface area contributed by atoms with Crippen molar-refractivity contribution >= 4 is 0 Å². The lowest BCUT2D eigenvalue weighted by molar-refractivity contribution is 0.340. The maximum Gasteiger partial charge on any atom is 0.128 e. The normalized spacial score (nSPS) is 12.2. The molecule has 1 unspecified atom stereocenters. The minimum absolute atomic E-state index is 0.289. The van der Waals surface area contributed by atoms with Crippen LogP contribution >= 0.6 is 0 Å². The zero-order chi connectivity index (χ0) is 14.5. The third kappa shape index (κ3) is 3.14. The molecule has 2 nitrogen and oxygen atoms in total. The fourth-order valence-electron chi connectivity index (χ4n) is 2.16. The highest BCUT2D eigenvalue weighted by atomic mass is 19.1. The molecule has 106 valence electrons. The lowest BCUT2D eigenvalue weighted by Crippen LogP contribution is -2.19. The summed E-state index contributed by atoms with van der Waals surface area (Å²) in [5.74, 6) is -0.127. The monoisotopic (exact) mass is 277 g/mol. The zero-order valence-electron chi connectivity index (χ0n) is 11.5. The number of hydrogen-bond donors (Lipinski definition) is 1. The van der Waals surface area contributed by atoms with Crippen LogP contribution in [-0.4, -0.2) is 13.7 Å². The van der Waals surface area contributed by atoms with Crippen LogP contribution in [0.1, 0.15) is 24.1 Å². The van der Waals surface area contributed by atoms with Gasteiger partial charge in [-0.2, -0.15) is 0 Å². The lowest BCUT2D eigenvalue weighted by Gasteiger charge is -2.18. The van der Waals surface area contributed by atoms with Crippen LogP contribution in [0.2, 0.25) is 0 Å². The van der Waals surface area contributed by atoms with Crippen molar-refractivity contribution in [3.8, 4) is 5.75 Å². The average molecular weight is 277 g/mol. The van der Waals surface area contributed by atoms with Crippen LogP contribution in [0, 0.1) is 11.6 Å².